The summed E-state index contributed by atoms with van der Waals surface area (Å²) in [6.45, 7) is 1.73. The summed E-state index contributed by atoms with van der Waals surface area (Å²) in [6.07, 6.45) is 1.48. The van der Waals surface area contributed by atoms with Gasteiger partial charge in [0.05, 0.1) is 22.0 Å². The lowest BCUT2D eigenvalue weighted by Crippen LogP contribution is -2.17. The third-order valence-electron chi connectivity index (χ3n) is 3.71. The monoisotopic (exact) mass is 420 g/mol. The van der Waals surface area contributed by atoms with Gasteiger partial charge in [0.15, 0.2) is 11.5 Å². The number of halogens is 1. The lowest BCUT2D eigenvalue weighted by atomic mass is 10.1. The summed E-state index contributed by atoms with van der Waals surface area (Å²) in [4.78, 5) is 33.9. The molecule has 0 radical (unpaired) electrons. The van der Waals surface area contributed by atoms with Crippen molar-refractivity contribution >= 4 is 46.3 Å². The third kappa shape index (κ3) is 4.10. The van der Waals surface area contributed by atoms with E-state index in [2.05, 4.69) is 5.32 Å². The maximum absolute atomic E-state index is 11.7. The molecule has 1 aliphatic heterocycles. The van der Waals surface area contributed by atoms with Crippen LogP contribution in [0.2, 0.25) is 5.02 Å². The molecule has 28 heavy (non-hydrogen) atoms. The summed E-state index contributed by atoms with van der Waals surface area (Å²) < 4.78 is 11.0. The molecule has 2 aromatic carbocycles. The Hall–Kier alpha value is -3.04. The van der Waals surface area contributed by atoms with Gasteiger partial charge >= 0.3 is 5.69 Å². The Bertz CT molecular complexity index is 1040. The van der Waals surface area contributed by atoms with Gasteiger partial charge in [-0.1, -0.05) is 17.7 Å². The number of hydrogen-bond acceptors (Lipinski definition) is 7. The number of benzene rings is 2. The Labute approximate surface area is 168 Å². The van der Waals surface area contributed by atoms with Gasteiger partial charge in [0.25, 0.3) is 11.1 Å². The second kappa shape index (κ2) is 7.91. The molecule has 2 amide bonds. The van der Waals surface area contributed by atoms with Crippen molar-refractivity contribution in [1.29, 1.82) is 0 Å². The third-order valence-corrected chi connectivity index (χ3v) is 4.81. The first-order valence-corrected chi connectivity index (χ1v) is 9.03. The van der Waals surface area contributed by atoms with Crippen LogP contribution in [0.25, 0.3) is 6.08 Å². The SMILES string of the molecule is COc1cc(/C=C2\SC(=O)NC2=O)cc(Cl)c1Oc1ccc(C)cc1[N+](=O)[O-]. The molecule has 0 bridgehead atoms. The van der Waals surface area contributed by atoms with Crippen molar-refractivity contribution in [3.8, 4) is 17.2 Å². The van der Waals surface area contributed by atoms with Crippen LogP contribution in [0.3, 0.4) is 0 Å². The number of nitro groups is 1. The lowest BCUT2D eigenvalue weighted by Gasteiger charge is -2.13. The topological polar surface area (TPSA) is 108 Å². The Morgan fingerprint density at radius 1 is 1.21 bits per heavy atom. The van der Waals surface area contributed by atoms with Crippen molar-refractivity contribution in [2.45, 2.75) is 6.92 Å². The molecule has 10 heteroatoms. The molecule has 144 valence electrons. The predicted molar refractivity (Wildman–Crippen MR) is 105 cm³/mol. The van der Waals surface area contributed by atoms with Crippen molar-refractivity contribution in [3.63, 3.8) is 0 Å². The van der Waals surface area contributed by atoms with Gasteiger partial charge in [-0.2, -0.15) is 0 Å². The second-order valence-corrected chi connectivity index (χ2v) is 7.14. The standard InChI is InChI=1S/C18H13ClN2O6S/c1-9-3-4-13(12(5-9)21(24)25)27-16-11(19)6-10(7-14(16)26-2)8-15-17(22)20-18(23)28-15/h3-8H,1-2H3,(H,20,22,23)/b15-8-. The maximum Gasteiger partial charge on any atom is 0.311 e. The van der Waals surface area contributed by atoms with E-state index in [9.17, 15) is 19.7 Å². The van der Waals surface area contributed by atoms with Crippen LogP contribution < -0.4 is 14.8 Å². The lowest BCUT2D eigenvalue weighted by molar-refractivity contribution is -0.385. The van der Waals surface area contributed by atoms with E-state index in [-0.39, 0.29) is 32.9 Å². The van der Waals surface area contributed by atoms with Crippen LogP contribution >= 0.6 is 23.4 Å². The fraction of sp³-hybridized carbons (Fsp3) is 0.111. The number of carbonyl (C=O) groups excluding carboxylic acids is 2. The van der Waals surface area contributed by atoms with E-state index in [0.29, 0.717) is 11.1 Å². The number of hydrogen-bond donors (Lipinski definition) is 1. The summed E-state index contributed by atoms with van der Waals surface area (Å²) in [5, 5.41) is 13.1. The fourth-order valence-corrected chi connectivity index (χ4v) is 3.40. The van der Waals surface area contributed by atoms with Gasteiger partial charge < -0.3 is 9.47 Å². The zero-order chi connectivity index (χ0) is 20.4. The number of thioether (sulfide) groups is 1. The molecule has 2 aromatic rings. The molecule has 1 aliphatic rings. The van der Waals surface area contributed by atoms with Gasteiger partial charge in [-0.15, -0.1) is 0 Å². The van der Waals surface area contributed by atoms with Gasteiger partial charge in [-0.05, 0) is 54.1 Å². The van der Waals surface area contributed by atoms with Gasteiger partial charge in [0.2, 0.25) is 5.75 Å². The van der Waals surface area contributed by atoms with E-state index in [1.807, 2.05) is 0 Å². The summed E-state index contributed by atoms with van der Waals surface area (Å²) in [6, 6.07) is 7.59. The van der Waals surface area contributed by atoms with Crippen LogP contribution in [0.15, 0.2) is 35.2 Å². The smallest absolute Gasteiger partial charge is 0.311 e. The first-order chi connectivity index (χ1) is 13.3. The van der Waals surface area contributed by atoms with Crippen molar-refractivity contribution in [3.05, 3.63) is 61.5 Å². The largest absolute Gasteiger partial charge is 0.493 e. The molecule has 1 fully saturated rings. The first-order valence-electron chi connectivity index (χ1n) is 7.83. The maximum atomic E-state index is 11.7. The van der Waals surface area contributed by atoms with Crippen LogP contribution in [0, 0.1) is 17.0 Å². The molecule has 1 saturated heterocycles. The minimum absolute atomic E-state index is 0.0122. The highest BCUT2D eigenvalue weighted by Crippen LogP contribution is 2.42. The number of nitrogens with one attached hydrogen (secondary N) is 1. The number of amides is 2. The zero-order valence-corrected chi connectivity index (χ0v) is 16.2. The van der Waals surface area contributed by atoms with Gasteiger partial charge in [0.1, 0.15) is 0 Å². The average molecular weight is 421 g/mol. The molecule has 1 N–H and O–H groups in total. The Morgan fingerprint density at radius 3 is 2.57 bits per heavy atom. The molecule has 3 rings (SSSR count). The van der Waals surface area contributed by atoms with E-state index in [1.165, 1.54) is 31.4 Å². The van der Waals surface area contributed by atoms with Crippen molar-refractivity contribution in [2.24, 2.45) is 0 Å². The quantitative estimate of drug-likeness (QED) is 0.425. The summed E-state index contributed by atoms with van der Waals surface area (Å²) in [5.41, 5.74) is 1.00. The molecule has 0 saturated carbocycles. The number of carbonyl (C=O) groups is 2. The Morgan fingerprint density at radius 2 is 1.96 bits per heavy atom. The molecule has 0 unspecified atom stereocenters. The molecular weight excluding hydrogens is 408 g/mol. The molecular formula is C18H13ClN2O6S. The van der Waals surface area contributed by atoms with Gasteiger partial charge in [-0.25, -0.2) is 0 Å². The minimum Gasteiger partial charge on any atom is -0.493 e. The predicted octanol–water partition coefficient (Wildman–Crippen LogP) is 4.68. The van der Waals surface area contributed by atoms with E-state index in [0.717, 1.165) is 11.8 Å². The van der Waals surface area contributed by atoms with Crippen molar-refractivity contribution in [1.82, 2.24) is 5.32 Å². The number of methoxy groups -OCH3 is 1. The van der Waals surface area contributed by atoms with Crippen molar-refractivity contribution in [2.75, 3.05) is 7.11 Å². The normalized spacial score (nSPS) is 14.9. The molecule has 1 heterocycles. The number of nitro benzene ring substituents is 1. The number of imide groups is 1. The van der Waals surface area contributed by atoms with E-state index < -0.39 is 16.1 Å². The highest BCUT2D eigenvalue weighted by Gasteiger charge is 2.25. The van der Waals surface area contributed by atoms with Gasteiger partial charge in [0, 0.05) is 6.07 Å². The molecule has 0 spiro atoms. The Kier molecular flexibility index (Phi) is 5.57. The van der Waals surface area contributed by atoms with Crippen molar-refractivity contribution < 1.29 is 24.0 Å². The zero-order valence-electron chi connectivity index (χ0n) is 14.6. The summed E-state index contributed by atoms with van der Waals surface area (Å²) in [5.74, 6) is -0.180. The molecule has 0 aromatic heterocycles. The van der Waals surface area contributed by atoms with Gasteiger partial charge in [-0.3, -0.25) is 25.0 Å². The van der Waals surface area contributed by atoms with E-state index in [4.69, 9.17) is 21.1 Å². The van der Waals surface area contributed by atoms with Crippen LogP contribution in [0.1, 0.15) is 11.1 Å². The van der Waals surface area contributed by atoms with E-state index >= 15 is 0 Å². The van der Waals surface area contributed by atoms with Crippen LogP contribution in [-0.2, 0) is 4.79 Å². The minimum atomic E-state index is -0.547. The average Bonchev–Trinajstić information content (AvgIpc) is 2.95. The highest BCUT2D eigenvalue weighted by atomic mass is 35.5. The summed E-state index contributed by atoms with van der Waals surface area (Å²) >= 11 is 7.07. The summed E-state index contributed by atoms with van der Waals surface area (Å²) in [7, 11) is 1.39. The number of aryl methyl sites for hydroxylation is 1. The van der Waals surface area contributed by atoms with Crippen LogP contribution in [0.5, 0.6) is 17.2 Å². The highest BCUT2D eigenvalue weighted by molar-refractivity contribution is 8.18. The molecule has 0 atom stereocenters. The fourth-order valence-electron chi connectivity index (χ4n) is 2.46. The molecule has 8 nitrogen and oxygen atoms in total. The number of nitrogens with zero attached hydrogens (tertiary/aromatic N) is 1. The van der Waals surface area contributed by atoms with Crippen LogP contribution in [-0.4, -0.2) is 23.2 Å². The Balaban J connectivity index is 2.00. The van der Waals surface area contributed by atoms with E-state index in [1.54, 1.807) is 19.1 Å². The number of ether oxygens (including phenoxy) is 2. The number of rotatable bonds is 5. The second-order valence-electron chi connectivity index (χ2n) is 5.72. The first kappa shape index (κ1) is 19.7. The van der Waals surface area contributed by atoms with Crippen LogP contribution in [0.4, 0.5) is 10.5 Å². The molecule has 0 aliphatic carbocycles.